The molecule has 70 valence electrons. The molecule has 0 aromatic rings. The van der Waals surface area contributed by atoms with Crippen LogP contribution in [0.15, 0.2) is 0 Å². The van der Waals surface area contributed by atoms with E-state index >= 15 is 0 Å². The molecule has 1 aliphatic heterocycles. The summed E-state index contributed by atoms with van der Waals surface area (Å²) in [6.07, 6.45) is 3.45. The highest BCUT2D eigenvalue weighted by atomic mass is 16.7. The number of hydrogen-bond donors (Lipinski definition) is 0. The van der Waals surface area contributed by atoms with Gasteiger partial charge in [0.1, 0.15) is 6.29 Å². The van der Waals surface area contributed by atoms with Gasteiger partial charge in [0.05, 0.1) is 13.2 Å². The Balaban J connectivity index is 2.33. The standard InChI is InChI=1S/C9H16O3/c1-2-3-8(4-5-10)9-11-6-7-12-9/h5,8-9H,2-4,6-7H2,1H3. The Morgan fingerprint density at radius 3 is 2.67 bits per heavy atom. The fourth-order valence-electron chi connectivity index (χ4n) is 1.51. The van der Waals surface area contributed by atoms with E-state index in [1.807, 2.05) is 0 Å². The van der Waals surface area contributed by atoms with Gasteiger partial charge < -0.3 is 14.3 Å². The summed E-state index contributed by atoms with van der Waals surface area (Å²) >= 11 is 0. The summed E-state index contributed by atoms with van der Waals surface area (Å²) in [5.41, 5.74) is 0. The first-order valence-corrected chi connectivity index (χ1v) is 4.55. The van der Waals surface area contributed by atoms with E-state index in [0.29, 0.717) is 19.6 Å². The first-order valence-electron chi connectivity index (χ1n) is 4.55. The molecule has 1 aliphatic rings. The molecule has 0 saturated carbocycles. The molecule has 1 fully saturated rings. The Hall–Kier alpha value is -0.410. The van der Waals surface area contributed by atoms with Crippen LogP contribution in [-0.4, -0.2) is 25.8 Å². The monoisotopic (exact) mass is 172 g/mol. The number of carbonyl (C=O) groups is 1. The van der Waals surface area contributed by atoms with E-state index in [2.05, 4.69) is 6.92 Å². The first kappa shape index (κ1) is 9.68. The Kier molecular flexibility index (Phi) is 4.25. The Bertz CT molecular complexity index is 130. The van der Waals surface area contributed by atoms with Gasteiger partial charge in [-0.3, -0.25) is 0 Å². The third kappa shape index (κ3) is 2.57. The first-order chi connectivity index (χ1) is 5.88. The Morgan fingerprint density at radius 2 is 2.17 bits per heavy atom. The molecule has 0 aromatic heterocycles. The van der Waals surface area contributed by atoms with Crippen molar-refractivity contribution in [3.05, 3.63) is 0 Å². The van der Waals surface area contributed by atoms with E-state index in [1.54, 1.807) is 0 Å². The molecule has 0 radical (unpaired) electrons. The molecule has 0 N–H and O–H groups in total. The topological polar surface area (TPSA) is 35.5 Å². The molecule has 1 heterocycles. The maximum Gasteiger partial charge on any atom is 0.160 e. The van der Waals surface area contributed by atoms with Crippen LogP contribution in [0.1, 0.15) is 26.2 Å². The van der Waals surface area contributed by atoms with E-state index in [4.69, 9.17) is 9.47 Å². The smallest absolute Gasteiger partial charge is 0.160 e. The van der Waals surface area contributed by atoms with Gasteiger partial charge in [-0.25, -0.2) is 0 Å². The van der Waals surface area contributed by atoms with Crippen LogP contribution in [0, 0.1) is 5.92 Å². The Labute approximate surface area is 73.0 Å². The van der Waals surface area contributed by atoms with Gasteiger partial charge in [-0.05, 0) is 6.42 Å². The van der Waals surface area contributed by atoms with Crippen molar-refractivity contribution in [2.24, 2.45) is 5.92 Å². The molecule has 1 unspecified atom stereocenters. The number of rotatable bonds is 5. The average Bonchev–Trinajstić information content (AvgIpc) is 2.56. The van der Waals surface area contributed by atoms with Crippen LogP contribution >= 0.6 is 0 Å². The zero-order valence-electron chi connectivity index (χ0n) is 7.49. The summed E-state index contributed by atoms with van der Waals surface area (Å²) in [5, 5.41) is 0. The molecule has 0 spiro atoms. The van der Waals surface area contributed by atoms with Crippen molar-refractivity contribution in [3.63, 3.8) is 0 Å². The number of aldehydes is 1. The van der Waals surface area contributed by atoms with Gasteiger partial charge >= 0.3 is 0 Å². The summed E-state index contributed by atoms with van der Waals surface area (Å²) in [6, 6.07) is 0. The molecule has 0 amide bonds. The number of ether oxygens (including phenoxy) is 2. The second-order valence-corrected chi connectivity index (χ2v) is 3.06. The average molecular weight is 172 g/mol. The lowest BCUT2D eigenvalue weighted by molar-refractivity contribution is -0.116. The van der Waals surface area contributed by atoms with Crippen LogP contribution in [0.3, 0.4) is 0 Å². The van der Waals surface area contributed by atoms with E-state index in [9.17, 15) is 4.79 Å². The van der Waals surface area contributed by atoms with E-state index < -0.39 is 0 Å². The SMILES string of the molecule is CCCC(CC=O)C1OCCO1. The van der Waals surface area contributed by atoms with E-state index in [0.717, 1.165) is 19.1 Å². The van der Waals surface area contributed by atoms with Crippen molar-refractivity contribution >= 4 is 6.29 Å². The van der Waals surface area contributed by atoms with Crippen LogP contribution in [0.5, 0.6) is 0 Å². The molecule has 3 heteroatoms. The largest absolute Gasteiger partial charge is 0.350 e. The van der Waals surface area contributed by atoms with Gasteiger partial charge in [0, 0.05) is 12.3 Å². The molecular weight excluding hydrogens is 156 g/mol. The Morgan fingerprint density at radius 1 is 1.50 bits per heavy atom. The normalized spacial score (nSPS) is 21.1. The second-order valence-electron chi connectivity index (χ2n) is 3.06. The van der Waals surface area contributed by atoms with Crippen molar-refractivity contribution in [1.82, 2.24) is 0 Å². The quantitative estimate of drug-likeness (QED) is 0.587. The highest BCUT2D eigenvalue weighted by molar-refractivity contribution is 5.49. The van der Waals surface area contributed by atoms with Crippen molar-refractivity contribution in [3.8, 4) is 0 Å². The van der Waals surface area contributed by atoms with E-state index in [1.165, 1.54) is 0 Å². The van der Waals surface area contributed by atoms with Gasteiger partial charge in [-0.1, -0.05) is 13.3 Å². The van der Waals surface area contributed by atoms with Gasteiger partial charge in [-0.15, -0.1) is 0 Å². The summed E-state index contributed by atoms with van der Waals surface area (Å²) < 4.78 is 10.7. The second kappa shape index (κ2) is 5.27. The van der Waals surface area contributed by atoms with Crippen molar-refractivity contribution in [1.29, 1.82) is 0 Å². The molecule has 1 saturated heterocycles. The van der Waals surface area contributed by atoms with Crippen LogP contribution in [0.2, 0.25) is 0 Å². The molecule has 1 atom stereocenters. The highest BCUT2D eigenvalue weighted by Gasteiger charge is 2.25. The molecule has 0 aromatic carbocycles. The van der Waals surface area contributed by atoms with Crippen LogP contribution in [-0.2, 0) is 14.3 Å². The molecule has 0 bridgehead atoms. The molecule has 3 nitrogen and oxygen atoms in total. The highest BCUT2D eigenvalue weighted by Crippen LogP contribution is 2.21. The van der Waals surface area contributed by atoms with E-state index in [-0.39, 0.29) is 12.2 Å². The van der Waals surface area contributed by atoms with Crippen molar-refractivity contribution < 1.29 is 14.3 Å². The van der Waals surface area contributed by atoms with Gasteiger partial charge in [0.2, 0.25) is 0 Å². The maximum atomic E-state index is 10.3. The van der Waals surface area contributed by atoms with Gasteiger partial charge in [-0.2, -0.15) is 0 Å². The summed E-state index contributed by atoms with van der Waals surface area (Å²) in [5.74, 6) is 0.259. The van der Waals surface area contributed by atoms with Crippen molar-refractivity contribution in [2.45, 2.75) is 32.5 Å². The molecule has 1 rings (SSSR count). The van der Waals surface area contributed by atoms with Gasteiger partial charge in [0.25, 0.3) is 0 Å². The lowest BCUT2D eigenvalue weighted by Gasteiger charge is -2.18. The third-order valence-corrected chi connectivity index (χ3v) is 2.09. The number of carbonyl (C=O) groups excluding carboxylic acids is 1. The van der Waals surface area contributed by atoms with Gasteiger partial charge in [0.15, 0.2) is 6.29 Å². The predicted octanol–water partition coefficient (Wildman–Crippen LogP) is 1.36. The number of hydrogen-bond acceptors (Lipinski definition) is 3. The molecule has 0 aliphatic carbocycles. The lowest BCUT2D eigenvalue weighted by Crippen LogP contribution is -2.21. The molecule has 12 heavy (non-hydrogen) atoms. The summed E-state index contributed by atoms with van der Waals surface area (Å²) in [4.78, 5) is 10.3. The molecular formula is C9H16O3. The summed E-state index contributed by atoms with van der Waals surface area (Å²) in [6.45, 7) is 3.44. The van der Waals surface area contributed by atoms with Crippen molar-refractivity contribution in [2.75, 3.05) is 13.2 Å². The lowest BCUT2D eigenvalue weighted by atomic mass is 10.0. The van der Waals surface area contributed by atoms with Crippen LogP contribution < -0.4 is 0 Å². The maximum absolute atomic E-state index is 10.3. The zero-order valence-corrected chi connectivity index (χ0v) is 7.49. The fraction of sp³-hybridized carbons (Fsp3) is 0.889. The predicted molar refractivity (Wildman–Crippen MR) is 44.8 cm³/mol. The zero-order chi connectivity index (χ0) is 8.81. The minimum absolute atomic E-state index is 0.129. The minimum atomic E-state index is -0.129. The van der Waals surface area contributed by atoms with Crippen LogP contribution in [0.4, 0.5) is 0 Å². The minimum Gasteiger partial charge on any atom is -0.350 e. The van der Waals surface area contributed by atoms with Crippen LogP contribution in [0.25, 0.3) is 0 Å². The fourth-order valence-corrected chi connectivity index (χ4v) is 1.51. The third-order valence-electron chi connectivity index (χ3n) is 2.09. The summed E-state index contributed by atoms with van der Waals surface area (Å²) in [7, 11) is 0.